The third-order valence-corrected chi connectivity index (χ3v) is 3.29. The van der Waals surface area contributed by atoms with Gasteiger partial charge in [0, 0.05) is 16.9 Å². The maximum atomic E-state index is 11.6. The SMILES string of the molecule is O=C(Nc1ccc(Cl)cc1)O/N=C/c1ccn(-c2ccccc2)n1. The summed E-state index contributed by atoms with van der Waals surface area (Å²) in [4.78, 5) is 16.3. The molecule has 0 aliphatic carbocycles. The minimum atomic E-state index is -0.698. The molecular formula is C17H13ClN4O2. The highest BCUT2D eigenvalue weighted by Gasteiger charge is 2.03. The van der Waals surface area contributed by atoms with E-state index in [1.165, 1.54) is 6.21 Å². The Balaban J connectivity index is 1.55. The standard InChI is InChI=1S/C17H13ClN4O2/c18-13-6-8-14(9-7-13)20-17(23)24-19-12-15-10-11-22(21-15)16-4-2-1-3-5-16/h1-12H,(H,20,23)/b19-12+. The number of oxime groups is 1. The molecule has 0 spiro atoms. The molecule has 0 aliphatic heterocycles. The zero-order valence-electron chi connectivity index (χ0n) is 12.5. The highest BCUT2D eigenvalue weighted by atomic mass is 35.5. The van der Waals surface area contributed by atoms with Gasteiger partial charge in [0.25, 0.3) is 0 Å². The summed E-state index contributed by atoms with van der Waals surface area (Å²) < 4.78 is 1.70. The first-order valence-electron chi connectivity index (χ1n) is 7.09. The third kappa shape index (κ3) is 4.21. The number of rotatable bonds is 4. The van der Waals surface area contributed by atoms with Gasteiger partial charge in [-0.05, 0) is 42.5 Å². The quantitative estimate of drug-likeness (QED) is 0.441. The highest BCUT2D eigenvalue weighted by molar-refractivity contribution is 6.30. The summed E-state index contributed by atoms with van der Waals surface area (Å²) in [7, 11) is 0. The lowest BCUT2D eigenvalue weighted by Crippen LogP contribution is -2.10. The van der Waals surface area contributed by atoms with E-state index in [1.807, 2.05) is 30.3 Å². The summed E-state index contributed by atoms with van der Waals surface area (Å²) in [6.07, 6.45) is 2.46. The van der Waals surface area contributed by atoms with E-state index in [-0.39, 0.29) is 0 Å². The molecule has 0 unspecified atom stereocenters. The molecule has 1 heterocycles. The topological polar surface area (TPSA) is 68.5 Å². The van der Waals surface area contributed by atoms with Gasteiger partial charge in [-0.2, -0.15) is 5.10 Å². The van der Waals surface area contributed by atoms with Crippen LogP contribution in [0.15, 0.2) is 72.0 Å². The van der Waals surface area contributed by atoms with Crippen LogP contribution in [0.2, 0.25) is 5.02 Å². The molecule has 0 saturated carbocycles. The molecule has 0 aliphatic rings. The van der Waals surface area contributed by atoms with Crippen molar-refractivity contribution in [3.8, 4) is 5.69 Å². The van der Waals surface area contributed by atoms with E-state index < -0.39 is 6.09 Å². The van der Waals surface area contributed by atoms with E-state index in [4.69, 9.17) is 16.4 Å². The number of para-hydroxylation sites is 1. The normalized spacial score (nSPS) is 10.7. The van der Waals surface area contributed by atoms with Gasteiger partial charge in [-0.3, -0.25) is 10.2 Å². The van der Waals surface area contributed by atoms with E-state index in [9.17, 15) is 4.79 Å². The average molecular weight is 341 g/mol. The molecular weight excluding hydrogens is 328 g/mol. The number of hydrogen-bond acceptors (Lipinski definition) is 4. The van der Waals surface area contributed by atoms with E-state index >= 15 is 0 Å². The largest absolute Gasteiger partial charge is 0.437 e. The van der Waals surface area contributed by atoms with E-state index in [2.05, 4.69) is 15.6 Å². The number of nitrogens with zero attached hydrogens (tertiary/aromatic N) is 3. The van der Waals surface area contributed by atoms with Crippen molar-refractivity contribution in [3.63, 3.8) is 0 Å². The fourth-order valence-corrected chi connectivity index (χ4v) is 2.06. The molecule has 1 aromatic heterocycles. The summed E-state index contributed by atoms with van der Waals surface area (Å²) in [6, 6.07) is 18.1. The minimum Gasteiger partial charge on any atom is -0.298 e. The number of nitrogens with one attached hydrogen (secondary N) is 1. The average Bonchev–Trinajstić information content (AvgIpc) is 3.07. The van der Waals surface area contributed by atoms with Crippen molar-refractivity contribution in [2.45, 2.75) is 0 Å². The number of carbonyl (C=O) groups excluding carboxylic acids is 1. The van der Waals surface area contributed by atoms with Crippen LogP contribution in [0.3, 0.4) is 0 Å². The molecule has 1 amide bonds. The van der Waals surface area contributed by atoms with Gasteiger partial charge in [0.2, 0.25) is 0 Å². The maximum Gasteiger partial charge on any atom is 0.437 e. The van der Waals surface area contributed by atoms with Gasteiger partial charge >= 0.3 is 6.09 Å². The van der Waals surface area contributed by atoms with E-state index in [1.54, 1.807) is 41.2 Å². The number of halogens is 1. The van der Waals surface area contributed by atoms with Crippen molar-refractivity contribution in [1.82, 2.24) is 9.78 Å². The number of carbonyl (C=O) groups is 1. The lowest BCUT2D eigenvalue weighted by atomic mass is 10.3. The number of amides is 1. The summed E-state index contributed by atoms with van der Waals surface area (Å²) in [5, 5.41) is 11.0. The molecule has 0 fully saturated rings. The van der Waals surface area contributed by atoms with Crippen LogP contribution >= 0.6 is 11.6 Å². The van der Waals surface area contributed by atoms with Crippen LogP contribution in [0.1, 0.15) is 5.69 Å². The number of anilines is 1. The minimum absolute atomic E-state index is 0.563. The second-order valence-electron chi connectivity index (χ2n) is 4.77. The Morgan fingerprint density at radius 1 is 1.12 bits per heavy atom. The molecule has 0 radical (unpaired) electrons. The molecule has 2 aromatic carbocycles. The van der Waals surface area contributed by atoms with Crippen molar-refractivity contribution in [1.29, 1.82) is 0 Å². The zero-order valence-corrected chi connectivity index (χ0v) is 13.2. The molecule has 120 valence electrons. The monoisotopic (exact) mass is 340 g/mol. The lowest BCUT2D eigenvalue weighted by molar-refractivity contribution is 0.167. The van der Waals surface area contributed by atoms with Gasteiger partial charge in [0.1, 0.15) is 5.69 Å². The first-order chi connectivity index (χ1) is 11.7. The number of benzene rings is 2. The lowest BCUT2D eigenvalue weighted by Gasteiger charge is -2.01. The smallest absolute Gasteiger partial charge is 0.298 e. The molecule has 3 aromatic rings. The molecule has 7 heteroatoms. The van der Waals surface area contributed by atoms with Crippen molar-refractivity contribution < 1.29 is 9.63 Å². The maximum absolute atomic E-state index is 11.6. The zero-order chi connectivity index (χ0) is 16.8. The summed E-state index contributed by atoms with van der Waals surface area (Å²) in [5.74, 6) is 0. The highest BCUT2D eigenvalue weighted by Crippen LogP contribution is 2.13. The van der Waals surface area contributed by atoms with Crippen LogP contribution in [-0.2, 0) is 4.84 Å². The third-order valence-electron chi connectivity index (χ3n) is 3.04. The van der Waals surface area contributed by atoms with Gasteiger partial charge in [0.05, 0.1) is 11.9 Å². The van der Waals surface area contributed by atoms with Crippen LogP contribution in [0.5, 0.6) is 0 Å². The van der Waals surface area contributed by atoms with Gasteiger partial charge in [-0.15, -0.1) is 0 Å². The predicted octanol–water partition coefficient (Wildman–Crippen LogP) is 4.11. The molecule has 3 rings (SSSR count). The summed E-state index contributed by atoms with van der Waals surface area (Å²) >= 11 is 5.77. The molecule has 0 saturated heterocycles. The fourth-order valence-electron chi connectivity index (χ4n) is 1.93. The van der Waals surface area contributed by atoms with Gasteiger partial charge in [-0.25, -0.2) is 9.48 Å². The van der Waals surface area contributed by atoms with Crippen LogP contribution in [0.4, 0.5) is 10.5 Å². The van der Waals surface area contributed by atoms with Crippen LogP contribution in [-0.4, -0.2) is 22.1 Å². The van der Waals surface area contributed by atoms with Gasteiger partial charge in [-0.1, -0.05) is 35.0 Å². The van der Waals surface area contributed by atoms with Gasteiger partial charge in [0.15, 0.2) is 0 Å². The van der Waals surface area contributed by atoms with Crippen molar-refractivity contribution in [2.75, 3.05) is 5.32 Å². The Labute approximate surface area is 143 Å². The van der Waals surface area contributed by atoms with Gasteiger partial charge < -0.3 is 0 Å². The summed E-state index contributed by atoms with van der Waals surface area (Å²) in [5.41, 5.74) is 2.06. The predicted molar refractivity (Wildman–Crippen MR) is 92.7 cm³/mol. The van der Waals surface area contributed by atoms with E-state index in [0.717, 1.165) is 5.69 Å². The Hall–Kier alpha value is -3.12. The number of hydrogen-bond donors (Lipinski definition) is 1. The van der Waals surface area contributed by atoms with Crippen LogP contribution < -0.4 is 5.32 Å². The molecule has 6 nitrogen and oxygen atoms in total. The van der Waals surface area contributed by atoms with Crippen molar-refractivity contribution in [3.05, 3.63) is 77.6 Å². The molecule has 24 heavy (non-hydrogen) atoms. The van der Waals surface area contributed by atoms with Crippen molar-refractivity contribution >= 4 is 29.6 Å². The first-order valence-corrected chi connectivity index (χ1v) is 7.46. The van der Waals surface area contributed by atoms with Crippen molar-refractivity contribution in [2.24, 2.45) is 5.16 Å². The summed E-state index contributed by atoms with van der Waals surface area (Å²) in [6.45, 7) is 0. The van der Waals surface area contributed by atoms with E-state index in [0.29, 0.717) is 16.4 Å². The Kier molecular flexibility index (Phi) is 4.88. The first kappa shape index (κ1) is 15.8. The second-order valence-corrected chi connectivity index (χ2v) is 5.20. The number of aromatic nitrogens is 2. The van der Waals surface area contributed by atoms with Crippen LogP contribution in [0, 0.1) is 0 Å². The Morgan fingerprint density at radius 2 is 1.88 bits per heavy atom. The molecule has 0 atom stereocenters. The molecule has 1 N–H and O–H groups in total. The Morgan fingerprint density at radius 3 is 2.62 bits per heavy atom. The van der Waals surface area contributed by atoms with Crippen LogP contribution in [0.25, 0.3) is 5.69 Å². The molecule has 0 bridgehead atoms. The Bertz CT molecular complexity index is 845. The second kappa shape index (κ2) is 7.43. The fraction of sp³-hybridized carbons (Fsp3) is 0.